The first-order valence-corrected chi connectivity index (χ1v) is 5.38. The fourth-order valence-corrected chi connectivity index (χ4v) is 1.58. The number of nitro groups is 1. The highest BCUT2D eigenvalue weighted by atomic mass is 16.6. The van der Waals surface area contributed by atoms with Crippen molar-refractivity contribution >= 4 is 5.69 Å². The lowest BCUT2D eigenvalue weighted by Crippen LogP contribution is -2.12. The second-order valence-corrected chi connectivity index (χ2v) is 3.73. The Morgan fingerprint density at radius 2 is 2.24 bits per heavy atom. The highest BCUT2D eigenvalue weighted by Crippen LogP contribution is 2.30. The minimum atomic E-state index is -0.474. The van der Waals surface area contributed by atoms with E-state index in [2.05, 4.69) is 0 Å². The average molecular weight is 239 g/mol. The molecule has 0 aliphatic carbocycles. The topological polar surface area (TPSA) is 104 Å². The summed E-state index contributed by atoms with van der Waals surface area (Å²) in [6.07, 6.45) is 1.50. The lowest BCUT2D eigenvalue weighted by molar-refractivity contribution is -0.385. The molecule has 6 heteroatoms. The summed E-state index contributed by atoms with van der Waals surface area (Å²) in [6, 6.07) is 4.53. The van der Waals surface area contributed by atoms with E-state index < -0.39 is 4.92 Å². The van der Waals surface area contributed by atoms with Gasteiger partial charge in [0, 0.05) is 12.1 Å². The molecule has 1 rings (SSSR count). The smallest absolute Gasteiger partial charge is 0.311 e. The van der Waals surface area contributed by atoms with Crippen LogP contribution >= 0.6 is 0 Å². The van der Waals surface area contributed by atoms with Gasteiger partial charge in [-0.15, -0.1) is 0 Å². The predicted octanol–water partition coefficient (Wildman–Crippen LogP) is 1.34. The van der Waals surface area contributed by atoms with Crippen LogP contribution < -0.4 is 16.2 Å². The second-order valence-electron chi connectivity index (χ2n) is 3.73. The van der Waals surface area contributed by atoms with Crippen LogP contribution in [0.25, 0.3) is 0 Å². The van der Waals surface area contributed by atoms with Crippen LogP contribution in [0.3, 0.4) is 0 Å². The maximum Gasteiger partial charge on any atom is 0.311 e. The standard InChI is InChI=1S/C11H17N3O3/c1-17-11-5-4-8(7-10(11)14(15)16)9(13)3-2-6-12/h4-5,7,9H,2-3,6,12-13H2,1H3/t9-/m1/s1. The van der Waals surface area contributed by atoms with Gasteiger partial charge in [0.2, 0.25) is 0 Å². The molecule has 1 aromatic carbocycles. The molecular formula is C11H17N3O3. The van der Waals surface area contributed by atoms with Gasteiger partial charge in [-0.3, -0.25) is 10.1 Å². The highest BCUT2D eigenvalue weighted by Gasteiger charge is 2.17. The second kappa shape index (κ2) is 6.17. The molecule has 0 fully saturated rings. The van der Waals surface area contributed by atoms with Crippen molar-refractivity contribution in [1.82, 2.24) is 0 Å². The van der Waals surface area contributed by atoms with Crippen molar-refractivity contribution in [2.45, 2.75) is 18.9 Å². The third kappa shape index (κ3) is 3.40. The molecule has 0 aliphatic heterocycles. The minimum Gasteiger partial charge on any atom is -0.490 e. The van der Waals surface area contributed by atoms with E-state index in [4.69, 9.17) is 16.2 Å². The molecule has 0 radical (unpaired) electrons. The third-order valence-corrected chi connectivity index (χ3v) is 2.55. The number of nitro benzene ring substituents is 1. The third-order valence-electron chi connectivity index (χ3n) is 2.55. The summed E-state index contributed by atoms with van der Waals surface area (Å²) in [5, 5.41) is 10.8. The van der Waals surface area contributed by atoms with E-state index in [0.717, 1.165) is 12.0 Å². The van der Waals surface area contributed by atoms with Crippen molar-refractivity contribution in [2.75, 3.05) is 13.7 Å². The van der Waals surface area contributed by atoms with Gasteiger partial charge in [-0.2, -0.15) is 0 Å². The van der Waals surface area contributed by atoms with Crippen LogP contribution in [0.2, 0.25) is 0 Å². The number of hydrogen-bond acceptors (Lipinski definition) is 5. The fraction of sp³-hybridized carbons (Fsp3) is 0.455. The van der Waals surface area contributed by atoms with Crippen LogP contribution in [0.5, 0.6) is 5.75 Å². The monoisotopic (exact) mass is 239 g/mol. The zero-order valence-corrected chi connectivity index (χ0v) is 9.76. The quantitative estimate of drug-likeness (QED) is 0.575. The van der Waals surface area contributed by atoms with E-state index in [9.17, 15) is 10.1 Å². The molecule has 0 heterocycles. The Hall–Kier alpha value is -1.66. The number of rotatable bonds is 6. The van der Waals surface area contributed by atoms with Gasteiger partial charge >= 0.3 is 5.69 Å². The largest absolute Gasteiger partial charge is 0.490 e. The van der Waals surface area contributed by atoms with Crippen molar-refractivity contribution < 1.29 is 9.66 Å². The summed E-state index contributed by atoms with van der Waals surface area (Å²) >= 11 is 0. The van der Waals surface area contributed by atoms with Crippen molar-refractivity contribution in [3.05, 3.63) is 33.9 Å². The fourth-order valence-electron chi connectivity index (χ4n) is 1.58. The van der Waals surface area contributed by atoms with E-state index >= 15 is 0 Å². The maximum absolute atomic E-state index is 10.8. The number of hydrogen-bond donors (Lipinski definition) is 2. The Morgan fingerprint density at radius 3 is 2.76 bits per heavy atom. The van der Waals surface area contributed by atoms with Crippen molar-refractivity contribution in [2.24, 2.45) is 11.5 Å². The Morgan fingerprint density at radius 1 is 1.53 bits per heavy atom. The van der Waals surface area contributed by atoms with Crippen LogP contribution in [0.15, 0.2) is 18.2 Å². The molecule has 0 aliphatic rings. The van der Waals surface area contributed by atoms with Gasteiger partial charge in [-0.25, -0.2) is 0 Å². The summed E-state index contributed by atoms with van der Waals surface area (Å²) in [5.41, 5.74) is 12.0. The maximum atomic E-state index is 10.8. The van der Waals surface area contributed by atoms with Gasteiger partial charge in [0.15, 0.2) is 5.75 Å². The SMILES string of the molecule is COc1ccc([C@H](N)CCCN)cc1[N+](=O)[O-]. The molecule has 17 heavy (non-hydrogen) atoms. The number of nitrogens with two attached hydrogens (primary N) is 2. The molecule has 0 saturated heterocycles. The molecular weight excluding hydrogens is 222 g/mol. The molecule has 0 aromatic heterocycles. The van der Waals surface area contributed by atoms with Gasteiger partial charge < -0.3 is 16.2 Å². The van der Waals surface area contributed by atoms with E-state index in [-0.39, 0.29) is 17.5 Å². The number of benzene rings is 1. The first-order valence-electron chi connectivity index (χ1n) is 5.38. The summed E-state index contributed by atoms with van der Waals surface area (Å²) in [4.78, 5) is 10.4. The summed E-state index contributed by atoms with van der Waals surface area (Å²) in [6.45, 7) is 0.561. The van der Waals surface area contributed by atoms with E-state index in [1.54, 1.807) is 12.1 Å². The van der Waals surface area contributed by atoms with Crippen molar-refractivity contribution in [1.29, 1.82) is 0 Å². The number of nitrogens with zero attached hydrogens (tertiary/aromatic N) is 1. The summed E-state index contributed by atoms with van der Waals surface area (Å²) in [5.74, 6) is 0.241. The molecule has 6 nitrogen and oxygen atoms in total. The molecule has 94 valence electrons. The van der Waals surface area contributed by atoms with Crippen LogP contribution in [-0.2, 0) is 0 Å². The minimum absolute atomic E-state index is 0.0619. The highest BCUT2D eigenvalue weighted by molar-refractivity contribution is 5.49. The van der Waals surface area contributed by atoms with Crippen molar-refractivity contribution in [3.8, 4) is 5.75 Å². The van der Waals surface area contributed by atoms with Crippen molar-refractivity contribution in [3.63, 3.8) is 0 Å². The van der Waals surface area contributed by atoms with Gasteiger partial charge in [0.05, 0.1) is 12.0 Å². The normalized spacial score (nSPS) is 12.2. The zero-order valence-electron chi connectivity index (χ0n) is 9.76. The Balaban J connectivity index is 2.95. The summed E-state index contributed by atoms with van der Waals surface area (Å²) in [7, 11) is 1.40. The first-order chi connectivity index (χ1) is 8.10. The van der Waals surface area contributed by atoms with Crippen LogP contribution in [0.1, 0.15) is 24.4 Å². The van der Waals surface area contributed by atoms with Gasteiger partial charge in [0.1, 0.15) is 0 Å². The number of methoxy groups -OCH3 is 1. The molecule has 0 unspecified atom stereocenters. The van der Waals surface area contributed by atoms with Gasteiger partial charge in [0.25, 0.3) is 0 Å². The van der Waals surface area contributed by atoms with E-state index in [0.29, 0.717) is 13.0 Å². The Kier molecular flexibility index (Phi) is 4.86. The molecule has 0 saturated carbocycles. The molecule has 0 spiro atoms. The lowest BCUT2D eigenvalue weighted by atomic mass is 10.0. The van der Waals surface area contributed by atoms with Crippen LogP contribution in [0.4, 0.5) is 5.69 Å². The lowest BCUT2D eigenvalue weighted by Gasteiger charge is -2.12. The molecule has 0 amide bonds. The summed E-state index contributed by atoms with van der Waals surface area (Å²) < 4.78 is 4.92. The van der Waals surface area contributed by atoms with E-state index in [1.165, 1.54) is 13.2 Å². The Bertz CT molecular complexity index is 396. The van der Waals surface area contributed by atoms with Gasteiger partial charge in [-0.1, -0.05) is 6.07 Å². The number of ether oxygens (including phenoxy) is 1. The zero-order chi connectivity index (χ0) is 12.8. The molecule has 1 atom stereocenters. The first kappa shape index (κ1) is 13.4. The van der Waals surface area contributed by atoms with Gasteiger partial charge in [-0.05, 0) is 31.0 Å². The predicted molar refractivity (Wildman–Crippen MR) is 64.9 cm³/mol. The molecule has 0 bridgehead atoms. The Labute approximate surface area is 99.7 Å². The molecule has 1 aromatic rings. The molecule has 4 N–H and O–H groups in total. The average Bonchev–Trinajstić information content (AvgIpc) is 2.34. The van der Waals surface area contributed by atoms with Crippen LogP contribution in [0, 0.1) is 10.1 Å². The van der Waals surface area contributed by atoms with E-state index in [1.807, 2.05) is 0 Å². The van der Waals surface area contributed by atoms with Crippen LogP contribution in [-0.4, -0.2) is 18.6 Å².